The maximum absolute atomic E-state index is 13.1. The Morgan fingerprint density at radius 3 is 2.76 bits per heavy atom. The Labute approximate surface area is 156 Å². The highest BCUT2D eigenvalue weighted by molar-refractivity contribution is 7.80. The lowest BCUT2D eigenvalue weighted by Gasteiger charge is -2.14. The monoisotopic (exact) mass is 380 g/mol. The van der Waals surface area contributed by atoms with Crippen LogP contribution in [0.3, 0.4) is 0 Å². The first-order chi connectivity index (χ1) is 11.9. The SMILES string of the molecule is CCC(C)Oc1cccc(C(=O)NC(=S)Nc2ccc(F)c(Cl)c2)c1. The van der Waals surface area contributed by atoms with Crippen LogP contribution in [0.5, 0.6) is 5.75 Å². The summed E-state index contributed by atoms with van der Waals surface area (Å²) in [6, 6.07) is 10.9. The van der Waals surface area contributed by atoms with Gasteiger partial charge in [0.05, 0.1) is 11.1 Å². The summed E-state index contributed by atoms with van der Waals surface area (Å²) < 4.78 is 18.8. The van der Waals surface area contributed by atoms with E-state index in [9.17, 15) is 9.18 Å². The van der Waals surface area contributed by atoms with Crippen LogP contribution in [-0.4, -0.2) is 17.1 Å². The molecule has 2 aromatic rings. The van der Waals surface area contributed by atoms with Crippen molar-refractivity contribution in [2.24, 2.45) is 0 Å². The van der Waals surface area contributed by atoms with E-state index in [1.807, 2.05) is 13.8 Å². The number of ether oxygens (including phenoxy) is 1. The van der Waals surface area contributed by atoms with Crippen molar-refractivity contribution in [1.29, 1.82) is 0 Å². The third-order valence-electron chi connectivity index (χ3n) is 3.41. The van der Waals surface area contributed by atoms with Crippen LogP contribution in [0.1, 0.15) is 30.6 Å². The fourth-order valence-electron chi connectivity index (χ4n) is 1.94. The summed E-state index contributed by atoms with van der Waals surface area (Å²) in [6.45, 7) is 3.98. The zero-order valence-electron chi connectivity index (χ0n) is 13.8. The van der Waals surface area contributed by atoms with Gasteiger partial charge in [0, 0.05) is 11.3 Å². The zero-order chi connectivity index (χ0) is 18.4. The number of nitrogens with one attached hydrogen (secondary N) is 2. The zero-order valence-corrected chi connectivity index (χ0v) is 15.4. The molecule has 0 bridgehead atoms. The summed E-state index contributed by atoms with van der Waals surface area (Å²) in [4.78, 5) is 12.3. The molecule has 132 valence electrons. The predicted octanol–water partition coefficient (Wildman–Crippen LogP) is 4.78. The molecular formula is C18H18ClFN2O2S. The van der Waals surface area contributed by atoms with E-state index in [0.29, 0.717) is 17.0 Å². The molecule has 0 fully saturated rings. The number of carbonyl (C=O) groups is 1. The van der Waals surface area contributed by atoms with Gasteiger partial charge < -0.3 is 10.1 Å². The van der Waals surface area contributed by atoms with E-state index in [4.69, 9.17) is 28.6 Å². The van der Waals surface area contributed by atoms with Crippen LogP contribution in [0, 0.1) is 5.82 Å². The normalized spacial score (nSPS) is 11.5. The first-order valence-electron chi connectivity index (χ1n) is 7.73. The minimum absolute atomic E-state index is 0.0333. The Bertz CT molecular complexity index is 785. The van der Waals surface area contributed by atoms with Gasteiger partial charge in [-0.2, -0.15) is 0 Å². The number of hydrogen-bond donors (Lipinski definition) is 2. The van der Waals surface area contributed by atoms with Gasteiger partial charge in [0.2, 0.25) is 0 Å². The lowest BCUT2D eigenvalue weighted by atomic mass is 10.2. The summed E-state index contributed by atoms with van der Waals surface area (Å²) in [5.74, 6) is -0.285. The summed E-state index contributed by atoms with van der Waals surface area (Å²) in [5.41, 5.74) is 0.896. The van der Waals surface area contributed by atoms with E-state index in [2.05, 4.69) is 10.6 Å². The molecule has 1 unspecified atom stereocenters. The second-order valence-electron chi connectivity index (χ2n) is 5.40. The Hall–Kier alpha value is -2.18. The number of thiocarbonyl (C=S) groups is 1. The highest BCUT2D eigenvalue weighted by atomic mass is 35.5. The van der Waals surface area contributed by atoms with Crippen LogP contribution in [0.4, 0.5) is 10.1 Å². The molecule has 0 aliphatic heterocycles. The van der Waals surface area contributed by atoms with Gasteiger partial charge in [-0.1, -0.05) is 24.6 Å². The molecule has 0 aliphatic carbocycles. The predicted molar refractivity (Wildman–Crippen MR) is 102 cm³/mol. The summed E-state index contributed by atoms with van der Waals surface area (Å²) in [6.07, 6.45) is 0.925. The smallest absolute Gasteiger partial charge is 0.257 e. The third kappa shape index (κ3) is 5.69. The molecule has 0 radical (unpaired) electrons. The maximum atomic E-state index is 13.1. The lowest BCUT2D eigenvalue weighted by molar-refractivity contribution is 0.0977. The van der Waals surface area contributed by atoms with E-state index in [1.54, 1.807) is 24.3 Å². The van der Waals surface area contributed by atoms with E-state index in [-0.39, 0.29) is 22.1 Å². The molecule has 1 amide bonds. The van der Waals surface area contributed by atoms with Crippen LogP contribution >= 0.6 is 23.8 Å². The fourth-order valence-corrected chi connectivity index (χ4v) is 2.33. The molecule has 0 saturated heterocycles. The maximum Gasteiger partial charge on any atom is 0.257 e. The molecule has 2 N–H and O–H groups in total. The van der Waals surface area contributed by atoms with E-state index in [1.165, 1.54) is 18.2 Å². The third-order valence-corrected chi connectivity index (χ3v) is 3.91. The number of rotatable bonds is 5. The number of halogens is 2. The largest absolute Gasteiger partial charge is 0.491 e. The van der Waals surface area contributed by atoms with Crippen molar-refractivity contribution in [3.8, 4) is 5.75 Å². The van der Waals surface area contributed by atoms with Gasteiger partial charge in [-0.15, -0.1) is 0 Å². The van der Waals surface area contributed by atoms with Crippen molar-refractivity contribution in [2.45, 2.75) is 26.4 Å². The number of anilines is 1. The van der Waals surface area contributed by atoms with Gasteiger partial charge in [0.1, 0.15) is 11.6 Å². The van der Waals surface area contributed by atoms with Crippen LogP contribution in [-0.2, 0) is 0 Å². The molecule has 0 aromatic heterocycles. The molecule has 25 heavy (non-hydrogen) atoms. The molecule has 0 spiro atoms. The lowest BCUT2D eigenvalue weighted by Crippen LogP contribution is -2.34. The Kier molecular flexibility index (Phi) is 6.73. The van der Waals surface area contributed by atoms with Crippen LogP contribution in [0.25, 0.3) is 0 Å². The average Bonchev–Trinajstić information content (AvgIpc) is 2.58. The van der Waals surface area contributed by atoms with Crippen molar-refractivity contribution in [2.75, 3.05) is 5.32 Å². The Morgan fingerprint density at radius 1 is 1.32 bits per heavy atom. The van der Waals surface area contributed by atoms with Gasteiger partial charge >= 0.3 is 0 Å². The summed E-state index contributed by atoms with van der Waals surface area (Å²) in [5, 5.41) is 5.40. The minimum Gasteiger partial charge on any atom is -0.491 e. The second kappa shape index (κ2) is 8.78. The molecule has 2 aromatic carbocycles. The standard InChI is InChI=1S/C18H18ClFN2O2S/c1-3-11(2)24-14-6-4-5-12(9-14)17(23)22-18(25)21-13-7-8-16(20)15(19)10-13/h4-11H,3H2,1-2H3,(H2,21,22,23,25). The van der Waals surface area contributed by atoms with Crippen LogP contribution in [0.15, 0.2) is 42.5 Å². The molecule has 0 heterocycles. The van der Waals surface area contributed by atoms with Gasteiger partial charge in [0.15, 0.2) is 5.11 Å². The van der Waals surface area contributed by atoms with Crippen molar-refractivity contribution in [1.82, 2.24) is 5.32 Å². The first kappa shape index (κ1) is 19.1. The topological polar surface area (TPSA) is 50.4 Å². The van der Waals surface area contributed by atoms with Crippen molar-refractivity contribution in [3.05, 3.63) is 58.9 Å². The fraction of sp³-hybridized carbons (Fsp3) is 0.222. The van der Waals surface area contributed by atoms with Gasteiger partial charge in [-0.3, -0.25) is 10.1 Å². The molecule has 2 rings (SSSR count). The Balaban J connectivity index is 2.00. The van der Waals surface area contributed by atoms with E-state index in [0.717, 1.165) is 6.42 Å². The number of benzene rings is 2. The quantitative estimate of drug-likeness (QED) is 0.733. The minimum atomic E-state index is -0.528. The number of amides is 1. The van der Waals surface area contributed by atoms with Crippen LogP contribution < -0.4 is 15.4 Å². The highest BCUT2D eigenvalue weighted by Gasteiger charge is 2.11. The van der Waals surface area contributed by atoms with Crippen molar-refractivity contribution >= 4 is 40.5 Å². The molecule has 4 nitrogen and oxygen atoms in total. The number of hydrogen-bond acceptors (Lipinski definition) is 3. The van der Waals surface area contributed by atoms with Crippen molar-refractivity contribution < 1.29 is 13.9 Å². The molecule has 1 atom stereocenters. The molecular weight excluding hydrogens is 363 g/mol. The molecule has 0 saturated carbocycles. The van der Waals surface area contributed by atoms with Gasteiger partial charge in [0.25, 0.3) is 5.91 Å². The molecule has 0 aliphatic rings. The highest BCUT2D eigenvalue weighted by Crippen LogP contribution is 2.19. The Morgan fingerprint density at radius 2 is 2.08 bits per heavy atom. The van der Waals surface area contributed by atoms with E-state index >= 15 is 0 Å². The second-order valence-corrected chi connectivity index (χ2v) is 6.22. The van der Waals surface area contributed by atoms with Gasteiger partial charge in [-0.25, -0.2) is 4.39 Å². The van der Waals surface area contributed by atoms with Gasteiger partial charge in [-0.05, 0) is 62.0 Å². The number of carbonyl (C=O) groups excluding carboxylic acids is 1. The van der Waals surface area contributed by atoms with E-state index < -0.39 is 5.82 Å². The first-order valence-corrected chi connectivity index (χ1v) is 8.51. The van der Waals surface area contributed by atoms with Crippen LogP contribution in [0.2, 0.25) is 5.02 Å². The summed E-state index contributed by atoms with van der Waals surface area (Å²) >= 11 is 10.8. The molecule has 7 heteroatoms. The summed E-state index contributed by atoms with van der Waals surface area (Å²) in [7, 11) is 0. The van der Waals surface area contributed by atoms with Crippen molar-refractivity contribution in [3.63, 3.8) is 0 Å². The average molecular weight is 381 g/mol.